The van der Waals surface area contributed by atoms with Crippen LogP contribution in [0.15, 0.2) is 24.3 Å². The van der Waals surface area contributed by atoms with E-state index in [4.69, 9.17) is 5.73 Å². The SMILES string of the molecule is CC(C)C(=O)N[C@H](Cc1ccc(C(C)(C)C)cc1)C(N)=O. The molecule has 0 saturated carbocycles. The summed E-state index contributed by atoms with van der Waals surface area (Å²) in [4.78, 5) is 23.2. The zero-order valence-corrected chi connectivity index (χ0v) is 13.6. The third kappa shape index (κ3) is 5.21. The van der Waals surface area contributed by atoms with Crippen LogP contribution in [0.3, 0.4) is 0 Å². The van der Waals surface area contributed by atoms with Gasteiger partial charge in [-0.1, -0.05) is 58.9 Å². The molecule has 0 aromatic heterocycles. The van der Waals surface area contributed by atoms with Crippen LogP contribution in [0, 0.1) is 5.92 Å². The van der Waals surface area contributed by atoms with Gasteiger partial charge in [0.05, 0.1) is 0 Å². The number of benzene rings is 1. The van der Waals surface area contributed by atoms with Crippen LogP contribution in [0.25, 0.3) is 0 Å². The van der Waals surface area contributed by atoms with E-state index < -0.39 is 11.9 Å². The van der Waals surface area contributed by atoms with E-state index in [9.17, 15) is 9.59 Å². The molecule has 0 spiro atoms. The highest BCUT2D eigenvalue weighted by Crippen LogP contribution is 2.22. The molecule has 1 atom stereocenters. The molecule has 0 bridgehead atoms. The first kappa shape index (κ1) is 17.2. The molecule has 1 aromatic rings. The molecule has 0 heterocycles. The number of nitrogens with one attached hydrogen (secondary N) is 1. The van der Waals surface area contributed by atoms with Gasteiger partial charge < -0.3 is 11.1 Å². The van der Waals surface area contributed by atoms with Gasteiger partial charge >= 0.3 is 0 Å². The smallest absolute Gasteiger partial charge is 0.240 e. The van der Waals surface area contributed by atoms with Gasteiger partial charge in [-0.3, -0.25) is 9.59 Å². The van der Waals surface area contributed by atoms with E-state index in [1.807, 2.05) is 12.1 Å². The second kappa shape index (κ2) is 6.74. The van der Waals surface area contributed by atoms with Crippen molar-refractivity contribution in [3.63, 3.8) is 0 Å². The zero-order valence-electron chi connectivity index (χ0n) is 13.6. The van der Waals surface area contributed by atoms with Crippen LogP contribution >= 0.6 is 0 Å². The fraction of sp³-hybridized carbons (Fsp3) is 0.529. The first-order chi connectivity index (χ1) is 9.61. The summed E-state index contributed by atoms with van der Waals surface area (Å²) in [6, 6.07) is 7.41. The molecule has 0 aliphatic carbocycles. The second-order valence-corrected chi connectivity index (χ2v) is 6.77. The van der Waals surface area contributed by atoms with Gasteiger partial charge in [-0.25, -0.2) is 0 Å². The molecule has 0 aliphatic rings. The Labute approximate surface area is 127 Å². The highest BCUT2D eigenvalue weighted by atomic mass is 16.2. The lowest BCUT2D eigenvalue weighted by Gasteiger charge is -2.20. The van der Waals surface area contributed by atoms with Crippen molar-refractivity contribution in [3.8, 4) is 0 Å². The summed E-state index contributed by atoms with van der Waals surface area (Å²) in [7, 11) is 0. The summed E-state index contributed by atoms with van der Waals surface area (Å²) >= 11 is 0. The fourth-order valence-electron chi connectivity index (χ4n) is 1.94. The Hall–Kier alpha value is -1.84. The number of hydrogen-bond donors (Lipinski definition) is 2. The third-order valence-electron chi connectivity index (χ3n) is 3.44. The van der Waals surface area contributed by atoms with Crippen LogP contribution < -0.4 is 11.1 Å². The number of rotatable bonds is 5. The Morgan fingerprint density at radius 1 is 1.14 bits per heavy atom. The average molecular weight is 290 g/mol. The van der Waals surface area contributed by atoms with Crippen LogP contribution in [0.5, 0.6) is 0 Å². The Bertz CT molecular complexity index is 499. The number of carbonyl (C=O) groups excluding carboxylic acids is 2. The van der Waals surface area contributed by atoms with E-state index in [-0.39, 0.29) is 17.2 Å². The number of carbonyl (C=O) groups is 2. The van der Waals surface area contributed by atoms with Gasteiger partial charge in [0, 0.05) is 12.3 Å². The highest BCUT2D eigenvalue weighted by molar-refractivity contribution is 5.87. The molecule has 0 saturated heterocycles. The second-order valence-electron chi connectivity index (χ2n) is 6.77. The van der Waals surface area contributed by atoms with Crippen LogP contribution in [-0.2, 0) is 21.4 Å². The van der Waals surface area contributed by atoms with Gasteiger partial charge in [0.2, 0.25) is 11.8 Å². The maximum atomic E-state index is 11.7. The summed E-state index contributed by atoms with van der Waals surface area (Å²) in [5, 5.41) is 2.70. The van der Waals surface area contributed by atoms with Crippen molar-refractivity contribution in [1.82, 2.24) is 5.32 Å². The molecule has 0 fully saturated rings. The molecule has 2 amide bonds. The lowest BCUT2D eigenvalue weighted by atomic mass is 9.86. The average Bonchev–Trinajstić information content (AvgIpc) is 2.37. The first-order valence-corrected chi connectivity index (χ1v) is 7.30. The van der Waals surface area contributed by atoms with E-state index in [1.54, 1.807) is 13.8 Å². The highest BCUT2D eigenvalue weighted by Gasteiger charge is 2.20. The Balaban J connectivity index is 2.81. The Morgan fingerprint density at radius 3 is 2.05 bits per heavy atom. The van der Waals surface area contributed by atoms with Crippen molar-refractivity contribution in [1.29, 1.82) is 0 Å². The molecular formula is C17H26N2O2. The first-order valence-electron chi connectivity index (χ1n) is 7.30. The van der Waals surface area contributed by atoms with Gasteiger partial charge in [-0.05, 0) is 16.5 Å². The molecule has 1 aromatic carbocycles. The Morgan fingerprint density at radius 2 is 1.67 bits per heavy atom. The number of nitrogens with two attached hydrogens (primary N) is 1. The summed E-state index contributed by atoms with van der Waals surface area (Å²) in [6.07, 6.45) is 0.415. The quantitative estimate of drug-likeness (QED) is 0.872. The molecule has 0 aliphatic heterocycles. The molecule has 21 heavy (non-hydrogen) atoms. The Kier molecular flexibility index (Phi) is 5.53. The predicted octanol–water partition coefficient (Wildman–Crippen LogP) is 2.15. The van der Waals surface area contributed by atoms with E-state index in [0.29, 0.717) is 6.42 Å². The minimum atomic E-state index is -0.666. The van der Waals surface area contributed by atoms with Crippen molar-refractivity contribution in [2.24, 2.45) is 11.7 Å². The predicted molar refractivity (Wildman–Crippen MR) is 84.8 cm³/mol. The molecular weight excluding hydrogens is 264 g/mol. The fourth-order valence-corrected chi connectivity index (χ4v) is 1.94. The summed E-state index contributed by atoms with van der Waals surface area (Å²) in [6.45, 7) is 10.0. The van der Waals surface area contributed by atoms with E-state index in [1.165, 1.54) is 5.56 Å². The standard InChI is InChI=1S/C17H26N2O2/c1-11(2)16(21)19-14(15(18)20)10-12-6-8-13(9-7-12)17(3,4)5/h6-9,11,14H,10H2,1-5H3,(H2,18,20)(H,19,21)/t14-/m1/s1. The van der Waals surface area contributed by atoms with Gasteiger partial charge in [-0.2, -0.15) is 0 Å². The zero-order chi connectivity index (χ0) is 16.2. The van der Waals surface area contributed by atoms with Crippen LogP contribution in [0.1, 0.15) is 45.7 Å². The van der Waals surface area contributed by atoms with Crippen molar-refractivity contribution < 1.29 is 9.59 Å². The van der Waals surface area contributed by atoms with E-state index in [2.05, 4.69) is 38.2 Å². The maximum absolute atomic E-state index is 11.7. The number of hydrogen-bond acceptors (Lipinski definition) is 2. The van der Waals surface area contributed by atoms with Crippen molar-refractivity contribution >= 4 is 11.8 Å². The summed E-state index contributed by atoms with van der Waals surface area (Å²) < 4.78 is 0. The van der Waals surface area contributed by atoms with Crippen molar-refractivity contribution in [2.45, 2.75) is 52.5 Å². The molecule has 0 radical (unpaired) electrons. The van der Waals surface area contributed by atoms with E-state index >= 15 is 0 Å². The van der Waals surface area contributed by atoms with Gasteiger partial charge in [0.15, 0.2) is 0 Å². The summed E-state index contributed by atoms with van der Waals surface area (Å²) in [5.74, 6) is -0.843. The molecule has 1 rings (SSSR count). The molecule has 116 valence electrons. The molecule has 3 N–H and O–H groups in total. The minimum Gasteiger partial charge on any atom is -0.368 e. The normalized spacial score (nSPS) is 13.0. The van der Waals surface area contributed by atoms with Crippen LogP contribution in [0.4, 0.5) is 0 Å². The van der Waals surface area contributed by atoms with Crippen LogP contribution in [0.2, 0.25) is 0 Å². The summed E-state index contributed by atoms with van der Waals surface area (Å²) in [5.41, 5.74) is 7.68. The largest absolute Gasteiger partial charge is 0.368 e. The van der Waals surface area contributed by atoms with Crippen molar-refractivity contribution in [3.05, 3.63) is 35.4 Å². The molecule has 0 unspecified atom stereocenters. The third-order valence-corrected chi connectivity index (χ3v) is 3.44. The lowest BCUT2D eigenvalue weighted by Crippen LogP contribution is -2.47. The lowest BCUT2D eigenvalue weighted by molar-refractivity contribution is -0.129. The molecule has 4 heteroatoms. The van der Waals surface area contributed by atoms with E-state index in [0.717, 1.165) is 5.56 Å². The van der Waals surface area contributed by atoms with Gasteiger partial charge in [-0.15, -0.1) is 0 Å². The topological polar surface area (TPSA) is 72.2 Å². The van der Waals surface area contributed by atoms with Gasteiger partial charge in [0.25, 0.3) is 0 Å². The molecule has 4 nitrogen and oxygen atoms in total. The number of amides is 2. The maximum Gasteiger partial charge on any atom is 0.240 e. The monoisotopic (exact) mass is 290 g/mol. The minimum absolute atomic E-state index is 0.0908. The van der Waals surface area contributed by atoms with Crippen molar-refractivity contribution in [2.75, 3.05) is 0 Å². The van der Waals surface area contributed by atoms with Crippen LogP contribution in [-0.4, -0.2) is 17.9 Å². The van der Waals surface area contributed by atoms with Gasteiger partial charge in [0.1, 0.15) is 6.04 Å². The number of primary amides is 1.